The van der Waals surface area contributed by atoms with Crippen molar-refractivity contribution in [2.75, 3.05) is 13.3 Å². The zero-order valence-electron chi connectivity index (χ0n) is 18.6. The summed E-state index contributed by atoms with van der Waals surface area (Å²) in [6.07, 6.45) is 6.83. The molecule has 3 aromatic rings. The third-order valence-electron chi connectivity index (χ3n) is 5.44. The van der Waals surface area contributed by atoms with Crippen molar-refractivity contribution >= 4 is 18.8 Å². The van der Waals surface area contributed by atoms with Crippen LogP contribution in [0.4, 0.5) is 0 Å². The lowest BCUT2D eigenvalue weighted by atomic mass is 10.1. The zero-order chi connectivity index (χ0) is 24.2. The predicted molar refractivity (Wildman–Crippen MR) is 125 cm³/mol. The summed E-state index contributed by atoms with van der Waals surface area (Å²) in [4.78, 5) is 48.7. The van der Waals surface area contributed by atoms with Gasteiger partial charge in [-0.2, -0.15) is 0 Å². The number of ether oxygens (including phenoxy) is 1. The van der Waals surface area contributed by atoms with Crippen molar-refractivity contribution in [1.82, 2.24) is 18.7 Å². The lowest BCUT2D eigenvalue weighted by Crippen LogP contribution is -2.40. The third kappa shape index (κ3) is 5.63. The van der Waals surface area contributed by atoms with Crippen LogP contribution in [0.15, 0.2) is 33.9 Å². The zero-order valence-corrected chi connectivity index (χ0v) is 19.5. The van der Waals surface area contributed by atoms with Gasteiger partial charge in [-0.15, -0.1) is 6.42 Å². The monoisotopic (exact) mass is 474 g/mol. The highest BCUT2D eigenvalue weighted by Gasteiger charge is 2.20. The molecule has 0 aliphatic heterocycles. The SMILES string of the molecule is C#CCn1c(=O)c2c(nc(CCc3cccc(OC)c3)n2C)n(CCCCP(=O)(O)O)c1=O. The first-order valence-corrected chi connectivity index (χ1v) is 12.3. The van der Waals surface area contributed by atoms with Crippen molar-refractivity contribution in [1.29, 1.82) is 0 Å². The Morgan fingerprint density at radius 1 is 1.18 bits per heavy atom. The molecule has 0 aliphatic rings. The third-order valence-corrected chi connectivity index (χ3v) is 6.34. The Labute approximate surface area is 190 Å². The average molecular weight is 474 g/mol. The normalized spacial score (nSPS) is 11.6. The lowest BCUT2D eigenvalue weighted by molar-refractivity contribution is 0.370. The molecular weight excluding hydrogens is 447 g/mol. The minimum absolute atomic E-state index is 0.159. The predicted octanol–water partition coefficient (Wildman–Crippen LogP) is 1.28. The van der Waals surface area contributed by atoms with Gasteiger partial charge in [0.25, 0.3) is 5.56 Å². The summed E-state index contributed by atoms with van der Waals surface area (Å²) in [5, 5.41) is 0. The molecule has 2 aromatic heterocycles. The standard InChI is InChI=1S/C22H27N4O6P/c1-4-12-26-21(27)19-20(25(22(26)28)13-5-6-14-33(29,30)31)23-18(24(19)2)11-10-16-8-7-9-17(15-16)32-3/h1,7-9,15H,5-6,10-14H2,2-3H3,(H2,29,30,31). The molecule has 0 fully saturated rings. The molecule has 2 heterocycles. The van der Waals surface area contributed by atoms with Gasteiger partial charge in [0.15, 0.2) is 11.2 Å². The van der Waals surface area contributed by atoms with Gasteiger partial charge in [-0.1, -0.05) is 18.1 Å². The highest BCUT2D eigenvalue weighted by Crippen LogP contribution is 2.35. The van der Waals surface area contributed by atoms with E-state index in [1.165, 1.54) is 4.57 Å². The second-order valence-corrected chi connectivity index (χ2v) is 9.51. The Bertz CT molecular complexity index is 1360. The summed E-state index contributed by atoms with van der Waals surface area (Å²) in [5.74, 6) is 3.71. The van der Waals surface area contributed by atoms with Crippen molar-refractivity contribution in [3.63, 3.8) is 0 Å². The molecule has 0 saturated heterocycles. The van der Waals surface area contributed by atoms with Gasteiger partial charge in [-0.3, -0.25) is 13.9 Å². The second kappa shape index (κ2) is 10.2. The first kappa shape index (κ1) is 24.5. The van der Waals surface area contributed by atoms with Gasteiger partial charge in [0.2, 0.25) is 0 Å². The van der Waals surface area contributed by atoms with Crippen LogP contribution in [0, 0.1) is 12.3 Å². The van der Waals surface area contributed by atoms with E-state index in [0.717, 1.165) is 15.9 Å². The van der Waals surface area contributed by atoms with Crippen LogP contribution in [0.1, 0.15) is 24.2 Å². The molecule has 0 radical (unpaired) electrons. The molecule has 0 atom stereocenters. The molecule has 1 aromatic carbocycles. The maximum Gasteiger partial charge on any atom is 0.333 e. The number of methoxy groups -OCH3 is 1. The molecule has 0 amide bonds. The molecule has 11 heteroatoms. The lowest BCUT2D eigenvalue weighted by Gasteiger charge is -2.10. The molecule has 0 unspecified atom stereocenters. The molecule has 176 valence electrons. The Morgan fingerprint density at radius 3 is 2.61 bits per heavy atom. The fourth-order valence-electron chi connectivity index (χ4n) is 3.74. The number of unbranched alkanes of at least 4 members (excludes halogenated alkanes) is 1. The number of hydrogen-bond donors (Lipinski definition) is 2. The van der Waals surface area contributed by atoms with E-state index in [1.807, 2.05) is 24.3 Å². The van der Waals surface area contributed by atoms with E-state index < -0.39 is 18.8 Å². The van der Waals surface area contributed by atoms with Crippen LogP contribution in [0.25, 0.3) is 11.2 Å². The van der Waals surface area contributed by atoms with Gasteiger partial charge in [0, 0.05) is 26.2 Å². The molecule has 0 aliphatic carbocycles. The smallest absolute Gasteiger partial charge is 0.333 e. The van der Waals surface area contributed by atoms with Crippen LogP contribution in [-0.2, 0) is 37.5 Å². The average Bonchev–Trinajstić information content (AvgIpc) is 3.10. The van der Waals surface area contributed by atoms with Crippen LogP contribution in [-0.4, -0.2) is 41.7 Å². The first-order chi connectivity index (χ1) is 15.7. The Morgan fingerprint density at radius 2 is 1.94 bits per heavy atom. The minimum Gasteiger partial charge on any atom is -0.497 e. The topological polar surface area (TPSA) is 129 Å². The fourth-order valence-corrected chi connectivity index (χ4v) is 4.37. The number of rotatable bonds is 10. The highest BCUT2D eigenvalue weighted by atomic mass is 31.2. The molecule has 0 bridgehead atoms. The molecule has 10 nitrogen and oxygen atoms in total. The number of hydrogen-bond acceptors (Lipinski definition) is 5. The van der Waals surface area contributed by atoms with E-state index in [4.69, 9.17) is 20.9 Å². The quantitative estimate of drug-likeness (QED) is 0.257. The summed E-state index contributed by atoms with van der Waals surface area (Å²) in [6.45, 7) is -0.0209. The summed E-state index contributed by atoms with van der Waals surface area (Å²) in [5.41, 5.74) is 0.458. The van der Waals surface area contributed by atoms with Gasteiger partial charge < -0.3 is 19.1 Å². The van der Waals surface area contributed by atoms with Gasteiger partial charge >= 0.3 is 13.3 Å². The summed E-state index contributed by atoms with van der Waals surface area (Å²) < 4.78 is 20.4. The van der Waals surface area contributed by atoms with Crippen molar-refractivity contribution in [3.05, 3.63) is 56.5 Å². The van der Waals surface area contributed by atoms with Gasteiger partial charge in [0.1, 0.15) is 11.6 Å². The van der Waals surface area contributed by atoms with Gasteiger partial charge in [-0.25, -0.2) is 14.3 Å². The number of nitrogens with zero attached hydrogens (tertiary/aromatic N) is 4. The molecule has 2 N–H and O–H groups in total. The van der Waals surface area contributed by atoms with E-state index in [9.17, 15) is 14.2 Å². The summed E-state index contributed by atoms with van der Waals surface area (Å²) >= 11 is 0. The largest absolute Gasteiger partial charge is 0.497 e. The van der Waals surface area contributed by atoms with Gasteiger partial charge in [-0.05, 0) is 37.0 Å². The fraction of sp³-hybridized carbons (Fsp3) is 0.409. The minimum atomic E-state index is -4.12. The molecule has 0 saturated carbocycles. The maximum atomic E-state index is 13.0. The first-order valence-electron chi connectivity index (χ1n) is 10.5. The number of imidazole rings is 1. The van der Waals surface area contributed by atoms with Crippen LogP contribution >= 0.6 is 7.60 Å². The Hall–Kier alpha value is -3.12. The molecule has 3 rings (SSSR count). The number of aromatic nitrogens is 4. The highest BCUT2D eigenvalue weighted by molar-refractivity contribution is 7.51. The number of aryl methyl sites for hydroxylation is 4. The molecule has 33 heavy (non-hydrogen) atoms. The summed E-state index contributed by atoms with van der Waals surface area (Å²) in [7, 11) is -0.796. The van der Waals surface area contributed by atoms with Crippen LogP contribution in [0.2, 0.25) is 0 Å². The van der Waals surface area contributed by atoms with Crippen molar-refractivity contribution < 1.29 is 19.1 Å². The summed E-state index contributed by atoms with van der Waals surface area (Å²) in [6, 6.07) is 7.66. The van der Waals surface area contributed by atoms with E-state index in [2.05, 4.69) is 10.9 Å². The van der Waals surface area contributed by atoms with E-state index in [-0.39, 0.29) is 36.8 Å². The van der Waals surface area contributed by atoms with E-state index >= 15 is 0 Å². The second-order valence-electron chi connectivity index (χ2n) is 7.74. The maximum absolute atomic E-state index is 13.0. The van der Waals surface area contributed by atoms with E-state index in [1.54, 1.807) is 18.7 Å². The van der Waals surface area contributed by atoms with Crippen molar-refractivity contribution in [3.8, 4) is 18.1 Å². The molecule has 0 spiro atoms. The van der Waals surface area contributed by atoms with Crippen molar-refractivity contribution in [2.45, 2.75) is 38.8 Å². The van der Waals surface area contributed by atoms with E-state index in [0.29, 0.717) is 25.1 Å². The Balaban J connectivity index is 1.98. The van der Waals surface area contributed by atoms with Crippen molar-refractivity contribution in [2.24, 2.45) is 7.05 Å². The number of terminal acetylenes is 1. The van der Waals surface area contributed by atoms with Gasteiger partial charge in [0.05, 0.1) is 13.7 Å². The number of benzene rings is 1. The Kier molecular flexibility index (Phi) is 7.59. The van der Waals surface area contributed by atoms with Crippen LogP contribution in [0.3, 0.4) is 0 Å². The van der Waals surface area contributed by atoms with Crippen LogP contribution in [0.5, 0.6) is 5.75 Å². The molecular formula is C22H27N4O6P. The number of fused-ring (bicyclic) bond motifs is 1. The van der Waals surface area contributed by atoms with Crippen LogP contribution < -0.4 is 16.0 Å².